The Balaban J connectivity index is 1.63. The van der Waals surface area contributed by atoms with Gasteiger partial charge >= 0.3 is 6.09 Å². The summed E-state index contributed by atoms with van der Waals surface area (Å²) in [6.07, 6.45) is -0.202. The number of amides is 1. The highest BCUT2D eigenvalue weighted by atomic mass is 35.5. The van der Waals surface area contributed by atoms with E-state index < -0.39 is 50.8 Å². The van der Waals surface area contributed by atoms with Crippen molar-refractivity contribution < 1.29 is 35.9 Å². The number of fused-ring (bicyclic) bond motifs is 2. The third-order valence-electron chi connectivity index (χ3n) is 8.48. The number of ether oxygens (including phenoxy) is 2. The standard InChI is InChI=1S/C38H36ClF3N6O6S/c1-38(2,3)54-37(50)44-30(17-22-15-24(41)18-25(42)16-22)34-43-29-13-9-23(40)19-27(29)36(49)48(34)31-14-12-28(39)32-33(31)46(4)45-35(32)47(55(6,51)52)20-21-7-10-26(53-5)11-8-21/h7-16,18-19,30H,17,20H2,1-6H3,(H,44,50)/t30-/m0/s1. The molecule has 0 aliphatic rings. The van der Waals surface area contributed by atoms with Gasteiger partial charge in [-0.3, -0.25) is 14.0 Å². The number of rotatable bonds is 10. The average Bonchev–Trinajstić information content (AvgIpc) is 3.43. The molecule has 2 aromatic heterocycles. The molecule has 288 valence electrons. The molecule has 1 amide bonds. The minimum absolute atomic E-state index is 0.0534. The molecule has 0 spiro atoms. The second kappa shape index (κ2) is 14.9. The number of alkyl carbamates (subject to hydrolysis) is 1. The quantitative estimate of drug-likeness (QED) is 0.155. The summed E-state index contributed by atoms with van der Waals surface area (Å²) in [7, 11) is -0.990. The number of carbonyl (C=O) groups is 1. The van der Waals surface area contributed by atoms with E-state index in [1.807, 2.05) is 0 Å². The second-order valence-electron chi connectivity index (χ2n) is 13.8. The summed E-state index contributed by atoms with van der Waals surface area (Å²) in [5, 5.41) is 7.35. The smallest absolute Gasteiger partial charge is 0.408 e. The number of nitrogens with zero attached hydrogens (tertiary/aromatic N) is 5. The van der Waals surface area contributed by atoms with E-state index in [0.717, 1.165) is 39.4 Å². The molecule has 0 unspecified atom stereocenters. The van der Waals surface area contributed by atoms with Crippen LogP contribution in [-0.2, 0) is 34.8 Å². The highest BCUT2D eigenvalue weighted by Gasteiger charge is 2.31. The van der Waals surface area contributed by atoms with Gasteiger partial charge in [0.25, 0.3) is 5.56 Å². The van der Waals surface area contributed by atoms with E-state index in [9.17, 15) is 31.2 Å². The van der Waals surface area contributed by atoms with Crippen LogP contribution in [0, 0.1) is 17.5 Å². The first-order valence-corrected chi connectivity index (χ1v) is 19.0. The fourth-order valence-electron chi connectivity index (χ4n) is 6.20. The number of aryl methyl sites for hydroxylation is 1. The number of hydrogen-bond donors (Lipinski definition) is 1. The Kier molecular flexibility index (Phi) is 10.6. The van der Waals surface area contributed by atoms with Gasteiger partial charge in [0, 0.05) is 19.5 Å². The predicted octanol–water partition coefficient (Wildman–Crippen LogP) is 7.13. The number of anilines is 1. The predicted molar refractivity (Wildman–Crippen MR) is 203 cm³/mol. The zero-order valence-electron chi connectivity index (χ0n) is 30.5. The van der Waals surface area contributed by atoms with Gasteiger partial charge in [0.05, 0.1) is 58.5 Å². The number of hydrogen-bond acceptors (Lipinski definition) is 8. The van der Waals surface area contributed by atoms with Crippen LogP contribution in [-0.4, -0.2) is 52.8 Å². The highest BCUT2D eigenvalue weighted by molar-refractivity contribution is 7.92. The molecule has 0 saturated heterocycles. The molecule has 4 aromatic carbocycles. The van der Waals surface area contributed by atoms with Crippen molar-refractivity contribution in [1.29, 1.82) is 0 Å². The average molecular weight is 797 g/mol. The van der Waals surface area contributed by atoms with E-state index in [1.54, 1.807) is 45.0 Å². The molecule has 55 heavy (non-hydrogen) atoms. The number of methoxy groups -OCH3 is 1. The molecule has 17 heteroatoms. The summed E-state index contributed by atoms with van der Waals surface area (Å²) >= 11 is 6.81. The van der Waals surface area contributed by atoms with E-state index in [0.29, 0.717) is 17.4 Å². The summed E-state index contributed by atoms with van der Waals surface area (Å²) in [5.74, 6) is -2.11. The van der Waals surface area contributed by atoms with Crippen molar-refractivity contribution in [2.75, 3.05) is 17.7 Å². The second-order valence-corrected chi connectivity index (χ2v) is 16.1. The van der Waals surface area contributed by atoms with Crippen LogP contribution in [0.5, 0.6) is 5.75 Å². The van der Waals surface area contributed by atoms with Crippen LogP contribution in [0.4, 0.5) is 23.8 Å². The lowest BCUT2D eigenvalue weighted by Gasteiger charge is -2.26. The summed E-state index contributed by atoms with van der Waals surface area (Å²) in [5.41, 5.74) is -0.758. The fraction of sp³-hybridized carbons (Fsp3) is 0.263. The molecule has 0 aliphatic carbocycles. The van der Waals surface area contributed by atoms with Gasteiger partial charge in [0.15, 0.2) is 5.82 Å². The zero-order valence-corrected chi connectivity index (χ0v) is 32.1. The molecule has 0 fully saturated rings. The molecular formula is C38H36ClF3N6O6S. The van der Waals surface area contributed by atoms with Crippen molar-refractivity contribution in [1.82, 2.24) is 24.6 Å². The number of carbonyl (C=O) groups excluding carboxylic acids is 1. The number of sulfonamides is 1. The third kappa shape index (κ3) is 8.39. The summed E-state index contributed by atoms with van der Waals surface area (Å²) in [6.45, 7) is 4.77. The van der Waals surface area contributed by atoms with Gasteiger partial charge in [0.2, 0.25) is 10.0 Å². The molecule has 0 radical (unpaired) electrons. The van der Waals surface area contributed by atoms with Gasteiger partial charge in [-0.25, -0.2) is 35.7 Å². The van der Waals surface area contributed by atoms with Gasteiger partial charge in [-0.05, 0) is 86.5 Å². The SMILES string of the molecule is COc1ccc(CN(c2nn(C)c3c(-n4c([C@H](Cc5cc(F)cc(F)c5)NC(=O)OC(C)(C)C)nc5ccc(F)cc5c4=O)ccc(Cl)c23)S(C)(=O)=O)cc1. The molecule has 12 nitrogen and oxygen atoms in total. The largest absolute Gasteiger partial charge is 0.497 e. The Bertz CT molecular complexity index is 2610. The number of nitrogens with one attached hydrogen (secondary N) is 1. The van der Waals surface area contributed by atoms with E-state index in [-0.39, 0.29) is 62.7 Å². The van der Waals surface area contributed by atoms with Gasteiger partial charge in [-0.1, -0.05) is 23.7 Å². The zero-order chi connectivity index (χ0) is 40.0. The minimum atomic E-state index is -4.02. The molecule has 0 bridgehead atoms. The van der Waals surface area contributed by atoms with Crippen molar-refractivity contribution >= 4 is 55.3 Å². The van der Waals surface area contributed by atoms with Crippen LogP contribution in [0.15, 0.2) is 77.6 Å². The Morgan fingerprint density at radius 1 is 0.964 bits per heavy atom. The topological polar surface area (TPSA) is 138 Å². The lowest BCUT2D eigenvalue weighted by molar-refractivity contribution is 0.0500. The first kappa shape index (κ1) is 39.1. The first-order valence-electron chi connectivity index (χ1n) is 16.8. The summed E-state index contributed by atoms with van der Waals surface area (Å²) in [4.78, 5) is 32.7. The van der Waals surface area contributed by atoms with Gasteiger partial charge in [-0.15, -0.1) is 0 Å². The van der Waals surface area contributed by atoms with Crippen molar-refractivity contribution in [3.8, 4) is 11.4 Å². The molecule has 6 aromatic rings. The highest BCUT2D eigenvalue weighted by Crippen LogP contribution is 2.38. The molecule has 6 rings (SSSR count). The van der Waals surface area contributed by atoms with Gasteiger partial charge in [0.1, 0.15) is 34.6 Å². The monoisotopic (exact) mass is 796 g/mol. The maximum Gasteiger partial charge on any atom is 0.408 e. The lowest BCUT2D eigenvalue weighted by atomic mass is 10.0. The Labute approximate surface area is 319 Å². The maximum atomic E-state index is 14.7. The number of benzene rings is 4. The van der Waals surface area contributed by atoms with Crippen LogP contribution >= 0.6 is 11.6 Å². The fourth-order valence-corrected chi connectivity index (χ4v) is 7.26. The number of aromatic nitrogens is 4. The third-order valence-corrected chi connectivity index (χ3v) is 9.90. The maximum absolute atomic E-state index is 14.7. The molecule has 0 aliphatic heterocycles. The lowest BCUT2D eigenvalue weighted by Crippen LogP contribution is -2.39. The van der Waals surface area contributed by atoms with E-state index in [2.05, 4.69) is 10.4 Å². The van der Waals surface area contributed by atoms with Crippen LogP contribution < -0.4 is 19.9 Å². The summed E-state index contributed by atoms with van der Waals surface area (Å²) in [6, 6.07) is 14.6. The molecule has 1 atom stereocenters. The molecular weight excluding hydrogens is 761 g/mol. The van der Waals surface area contributed by atoms with Crippen molar-refractivity contribution in [2.45, 2.75) is 45.4 Å². The van der Waals surface area contributed by atoms with Crippen LogP contribution in [0.3, 0.4) is 0 Å². The van der Waals surface area contributed by atoms with Crippen molar-refractivity contribution in [2.24, 2.45) is 7.05 Å². The molecule has 1 N–H and O–H groups in total. The van der Waals surface area contributed by atoms with Crippen molar-refractivity contribution in [3.05, 3.63) is 123 Å². The Hall–Kier alpha value is -5.61. The van der Waals surface area contributed by atoms with E-state index in [4.69, 9.17) is 26.1 Å². The molecule has 2 heterocycles. The minimum Gasteiger partial charge on any atom is -0.497 e. The summed E-state index contributed by atoms with van der Waals surface area (Å²) < 4.78 is 84.6. The molecule has 0 saturated carbocycles. The van der Waals surface area contributed by atoms with Crippen LogP contribution in [0.25, 0.3) is 27.5 Å². The van der Waals surface area contributed by atoms with Crippen LogP contribution in [0.2, 0.25) is 5.02 Å². The van der Waals surface area contributed by atoms with E-state index >= 15 is 0 Å². The van der Waals surface area contributed by atoms with Gasteiger partial charge < -0.3 is 14.8 Å². The van der Waals surface area contributed by atoms with Crippen molar-refractivity contribution in [3.63, 3.8) is 0 Å². The van der Waals surface area contributed by atoms with Gasteiger partial charge in [-0.2, -0.15) is 5.10 Å². The Morgan fingerprint density at radius 2 is 1.64 bits per heavy atom. The first-order chi connectivity index (χ1) is 25.8. The normalized spacial score (nSPS) is 12.5. The Morgan fingerprint density at radius 3 is 2.25 bits per heavy atom. The van der Waals surface area contributed by atoms with Crippen LogP contribution in [0.1, 0.15) is 43.8 Å². The number of halogens is 4. The van der Waals surface area contributed by atoms with E-state index in [1.165, 1.54) is 37.0 Å².